The van der Waals surface area contributed by atoms with Crippen LogP contribution in [0.4, 0.5) is 4.79 Å². The smallest absolute Gasteiger partial charge is 0.321 e. The Labute approximate surface area is 101 Å². The van der Waals surface area contributed by atoms with Crippen LogP contribution in [0.25, 0.3) is 0 Å². The van der Waals surface area contributed by atoms with Crippen molar-refractivity contribution in [2.75, 3.05) is 12.4 Å². The molecule has 0 aliphatic heterocycles. The molecule has 0 radical (unpaired) electrons. The van der Waals surface area contributed by atoms with Crippen molar-refractivity contribution < 1.29 is 9.59 Å². The molecule has 92 valence electrons. The number of amides is 3. The second kappa shape index (κ2) is 6.74. The van der Waals surface area contributed by atoms with Gasteiger partial charge in [0.25, 0.3) is 0 Å². The Hall–Kier alpha value is -0.770. The van der Waals surface area contributed by atoms with Crippen LogP contribution in [0.3, 0.4) is 0 Å². The summed E-state index contributed by atoms with van der Waals surface area (Å²) in [6.45, 7) is 2.86. The number of halogens is 1. The molecule has 1 fully saturated rings. The number of alkyl halides is 1. The predicted octanol–water partition coefficient (Wildman–Crippen LogP) is 1.88. The first kappa shape index (κ1) is 13.3. The van der Waals surface area contributed by atoms with E-state index in [0.717, 1.165) is 6.42 Å². The van der Waals surface area contributed by atoms with Crippen molar-refractivity contribution in [2.45, 2.75) is 32.6 Å². The summed E-state index contributed by atoms with van der Waals surface area (Å²) in [6.07, 6.45) is 3.81. The first-order valence-corrected chi connectivity index (χ1v) is 6.30. The summed E-state index contributed by atoms with van der Waals surface area (Å²) in [5, 5.41) is 4.98. The maximum atomic E-state index is 11.3. The molecule has 3 amide bonds. The number of hydrogen-bond donors (Lipinski definition) is 2. The van der Waals surface area contributed by atoms with Crippen LogP contribution in [-0.2, 0) is 4.79 Å². The molecule has 1 rings (SSSR count). The third kappa shape index (κ3) is 4.39. The van der Waals surface area contributed by atoms with Crippen LogP contribution < -0.4 is 10.6 Å². The summed E-state index contributed by atoms with van der Waals surface area (Å²) in [5.74, 6) is 1.12. The molecular weight excluding hydrogens is 228 g/mol. The molecule has 16 heavy (non-hydrogen) atoms. The second-order valence-corrected chi connectivity index (χ2v) is 4.74. The Morgan fingerprint density at radius 3 is 2.69 bits per heavy atom. The molecule has 0 heterocycles. The average molecular weight is 247 g/mol. The van der Waals surface area contributed by atoms with Gasteiger partial charge in [0.05, 0.1) is 0 Å². The monoisotopic (exact) mass is 246 g/mol. The Morgan fingerprint density at radius 1 is 1.38 bits per heavy atom. The maximum Gasteiger partial charge on any atom is 0.321 e. The van der Waals surface area contributed by atoms with Crippen LogP contribution in [0.2, 0.25) is 0 Å². The zero-order valence-electron chi connectivity index (χ0n) is 9.59. The van der Waals surface area contributed by atoms with Crippen molar-refractivity contribution in [1.82, 2.24) is 10.6 Å². The Kier molecular flexibility index (Phi) is 5.60. The third-order valence-electron chi connectivity index (χ3n) is 3.14. The van der Waals surface area contributed by atoms with Crippen molar-refractivity contribution in [3.05, 3.63) is 0 Å². The van der Waals surface area contributed by atoms with Crippen LogP contribution in [-0.4, -0.2) is 24.4 Å². The summed E-state index contributed by atoms with van der Waals surface area (Å²) in [6, 6.07) is -0.408. The maximum absolute atomic E-state index is 11.3. The number of nitrogens with one attached hydrogen (secondary N) is 2. The molecule has 0 aromatic rings. The van der Waals surface area contributed by atoms with Crippen molar-refractivity contribution in [1.29, 1.82) is 0 Å². The largest absolute Gasteiger partial charge is 0.338 e. The van der Waals surface area contributed by atoms with Crippen molar-refractivity contribution in [3.8, 4) is 0 Å². The topological polar surface area (TPSA) is 58.2 Å². The van der Waals surface area contributed by atoms with Crippen LogP contribution in [0.15, 0.2) is 0 Å². The van der Waals surface area contributed by atoms with Gasteiger partial charge in [-0.15, -0.1) is 11.6 Å². The zero-order chi connectivity index (χ0) is 12.0. The minimum Gasteiger partial charge on any atom is -0.338 e. The first-order chi connectivity index (χ1) is 7.63. The van der Waals surface area contributed by atoms with Gasteiger partial charge in [-0.1, -0.05) is 19.8 Å². The lowest BCUT2D eigenvalue weighted by Gasteiger charge is -2.15. The molecule has 0 bridgehead atoms. The van der Waals surface area contributed by atoms with Gasteiger partial charge in [-0.3, -0.25) is 10.1 Å². The lowest BCUT2D eigenvalue weighted by molar-refractivity contribution is -0.119. The molecule has 2 unspecified atom stereocenters. The van der Waals surface area contributed by atoms with Crippen molar-refractivity contribution in [3.63, 3.8) is 0 Å². The van der Waals surface area contributed by atoms with E-state index in [0.29, 0.717) is 18.4 Å². The van der Waals surface area contributed by atoms with E-state index in [1.807, 2.05) is 0 Å². The van der Waals surface area contributed by atoms with E-state index in [1.54, 1.807) is 0 Å². The van der Waals surface area contributed by atoms with Gasteiger partial charge in [-0.05, 0) is 18.3 Å². The lowest BCUT2D eigenvalue weighted by atomic mass is 9.98. The van der Waals surface area contributed by atoms with E-state index in [9.17, 15) is 9.59 Å². The number of hydrogen-bond acceptors (Lipinski definition) is 2. The van der Waals surface area contributed by atoms with Gasteiger partial charge in [0.2, 0.25) is 5.91 Å². The number of imide groups is 1. The zero-order valence-corrected chi connectivity index (χ0v) is 10.3. The van der Waals surface area contributed by atoms with Crippen LogP contribution in [0.1, 0.15) is 32.6 Å². The van der Waals surface area contributed by atoms with Gasteiger partial charge < -0.3 is 5.32 Å². The summed E-state index contributed by atoms with van der Waals surface area (Å²) in [7, 11) is 0. The molecule has 4 nitrogen and oxygen atoms in total. The minimum absolute atomic E-state index is 0.175. The van der Waals surface area contributed by atoms with Gasteiger partial charge in [0.15, 0.2) is 0 Å². The number of urea groups is 1. The summed E-state index contributed by atoms with van der Waals surface area (Å²) in [5.41, 5.74) is 0. The number of carbonyl (C=O) groups excluding carboxylic acids is 2. The van der Waals surface area contributed by atoms with Crippen molar-refractivity contribution >= 4 is 23.5 Å². The normalized spacial score (nSPS) is 24.1. The molecule has 0 aromatic carbocycles. The number of carbonyl (C=O) groups is 2. The highest BCUT2D eigenvalue weighted by Gasteiger charge is 2.23. The van der Waals surface area contributed by atoms with Crippen LogP contribution in [0, 0.1) is 11.8 Å². The van der Waals surface area contributed by atoms with Crippen LogP contribution >= 0.6 is 11.6 Å². The summed E-state index contributed by atoms with van der Waals surface area (Å²) in [4.78, 5) is 22.4. The van der Waals surface area contributed by atoms with Gasteiger partial charge in [-0.2, -0.15) is 0 Å². The van der Waals surface area contributed by atoms with Crippen LogP contribution in [0.5, 0.6) is 0 Å². The van der Waals surface area contributed by atoms with E-state index in [1.165, 1.54) is 12.8 Å². The molecule has 2 atom stereocenters. The first-order valence-electron chi connectivity index (χ1n) is 5.77. The standard InChI is InChI=1S/C11H19ClN2O2/c1-8-3-2-4-9(8)7-13-11(16)14-10(15)5-6-12/h8-9H,2-7H2,1H3,(H2,13,14,15,16). The fraction of sp³-hybridized carbons (Fsp3) is 0.818. The Morgan fingerprint density at radius 2 is 2.12 bits per heavy atom. The molecule has 0 spiro atoms. The van der Waals surface area contributed by atoms with Gasteiger partial charge in [0.1, 0.15) is 0 Å². The number of rotatable bonds is 4. The second-order valence-electron chi connectivity index (χ2n) is 4.37. The van der Waals surface area contributed by atoms with Gasteiger partial charge in [0, 0.05) is 18.8 Å². The van der Waals surface area contributed by atoms with Gasteiger partial charge >= 0.3 is 6.03 Å². The molecule has 1 aliphatic carbocycles. The highest BCUT2D eigenvalue weighted by molar-refractivity contribution is 6.19. The molecule has 0 aromatic heterocycles. The minimum atomic E-state index is -0.408. The van der Waals surface area contributed by atoms with E-state index in [-0.39, 0.29) is 18.2 Å². The van der Waals surface area contributed by atoms with E-state index in [4.69, 9.17) is 11.6 Å². The average Bonchev–Trinajstić information content (AvgIpc) is 2.61. The third-order valence-corrected chi connectivity index (χ3v) is 3.33. The van der Waals surface area contributed by atoms with Gasteiger partial charge in [-0.25, -0.2) is 4.79 Å². The predicted molar refractivity (Wildman–Crippen MR) is 63.4 cm³/mol. The lowest BCUT2D eigenvalue weighted by Crippen LogP contribution is -2.41. The fourth-order valence-corrected chi connectivity index (χ4v) is 2.24. The SMILES string of the molecule is CC1CCCC1CNC(=O)NC(=O)CCCl. The molecule has 2 N–H and O–H groups in total. The molecule has 0 saturated heterocycles. The molecule has 5 heteroatoms. The fourth-order valence-electron chi connectivity index (χ4n) is 2.07. The van der Waals surface area contributed by atoms with E-state index < -0.39 is 6.03 Å². The van der Waals surface area contributed by atoms with Crippen molar-refractivity contribution in [2.24, 2.45) is 11.8 Å². The quantitative estimate of drug-likeness (QED) is 0.744. The molecular formula is C11H19ClN2O2. The highest BCUT2D eigenvalue weighted by atomic mass is 35.5. The molecule has 1 aliphatic rings. The Bertz CT molecular complexity index is 258. The Balaban J connectivity index is 2.17. The van der Waals surface area contributed by atoms with E-state index in [2.05, 4.69) is 17.6 Å². The summed E-state index contributed by atoms with van der Waals surface area (Å²) < 4.78 is 0. The van der Waals surface area contributed by atoms with E-state index >= 15 is 0 Å². The molecule has 1 saturated carbocycles. The summed E-state index contributed by atoms with van der Waals surface area (Å²) >= 11 is 5.39. The highest BCUT2D eigenvalue weighted by Crippen LogP contribution is 2.30.